The number of rotatable bonds is 3. The van der Waals surface area contributed by atoms with Crippen molar-refractivity contribution in [1.29, 1.82) is 0 Å². The minimum Gasteiger partial charge on any atom is -0.371 e. The van der Waals surface area contributed by atoms with E-state index in [9.17, 15) is 4.39 Å². The molecule has 2 nitrogen and oxygen atoms in total. The molecular weight excluding hydrogens is 203 g/mol. The number of piperidine rings is 1. The normalized spacial score (nSPS) is 16.5. The molecule has 1 heterocycles. The van der Waals surface area contributed by atoms with E-state index in [0.29, 0.717) is 6.54 Å². The summed E-state index contributed by atoms with van der Waals surface area (Å²) in [7, 11) is 0. The number of nitrogens with two attached hydrogens (primary N) is 1. The molecule has 0 aromatic heterocycles. The highest BCUT2D eigenvalue weighted by Crippen LogP contribution is 2.25. The van der Waals surface area contributed by atoms with Gasteiger partial charge in [-0.05, 0) is 56.0 Å². The molecule has 0 saturated carbocycles. The Morgan fingerprint density at radius 2 is 1.94 bits per heavy atom. The predicted molar refractivity (Wildman–Crippen MR) is 65.2 cm³/mol. The summed E-state index contributed by atoms with van der Waals surface area (Å²) in [6.45, 7) is 2.75. The van der Waals surface area contributed by atoms with Gasteiger partial charge in [-0.1, -0.05) is 0 Å². The van der Waals surface area contributed by atoms with Crippen molar-refractivity contribution in [1.82, 2.24) is 0 Å². The highest BCUT2D eigenvalue weighted by atomic mass is 19.1. The molecule has 0 radical (unpaired) electrons. The second kappa shape index (κ2) is 5.30. The molecule has 88 valence electrons. The number of hydrogen-bond donors (Lipinski definition) is 1. The summed E-state index contributed by atoms with van der Waals surface area (Å²) in [5.74, 6) is -0.163. The Morgan fingerprint density at radius 1 is 1.19 bits per heavy atom. The molecule has 1 saturated heterocycles. The van der Waals surface area contributed by atoms with Crippen LogP contribution in [0.2, 0.25) is 0 Å². The molecule has 16 heavy (non-hydrogen) atoms. The molecule has 0 bridgehead atoms. The molecule has 0 amide bonds. The van der Waals surface area contributed by atoms with Gasteiger partial charge in [0.05, 0.1) is 0 Å². The first kappa shape index (κ1) is 11.4. The highest BCUT2D eigenvalue weighted by Gasteiger charge is 2.14. The minimum atomic E-state index is -0.163. The van der Waals surface area contributed by atoms with Crippen molar-refractivity contribution in [2.24, 2.45) is 5.73 Å². The fourth-order valence-corrected chi connectivity index (χ4v) is 2.35. The van der Waals surface area contributed by atoms with Crippen molar-refractivity contribution in [3.63, 3.8) is 0 Å². The predicted octanol–water partition coefficient (Wildman–Crippen LogP) is 2.32. The smallest absolute Gasteiger partial charge is 0.123 e. The average molecular weight is 222 g/mol. The van der Waals surface area contributed by atoms with Gasteiger partial charge in [-0.2, -0.15) is 0 Å². The van der Waals surface area contributed by atoms with Crippen molar-refractivity contribution < 1.29 is 4.39 Å². The number of anilines is 1. The van der Waals surface area contributed by atoms with Crippen LogP contribution in [0, 0.1) is 5.82 Å². The number of hydrogen-bond acceptors (Lipinski definition) is 2. The molecule has 1 aliphatic heterocycles. The van der Waals surface area contributed by atoms with Gasteiger partial charge in [0, 0.05) is 18.8 Å². The molecule has 2 rings (SSSR count). The highest BCUT2D eigenvalue weighted by molar-refractivity contribution is 5.54. The van der Waals surface area contributed by atoms with Crippen LogP contribution < -0.4 is 10.6 Å². The van der Waals surface area contributed by atoms with E-state index >= 15 is 0 Å². The fourth-order valence-electron chi connectivity index (χ4n) is 2.35. The Labute approximate surface area is 96.2 Å². The van der Waals surface area contributed by atoms with Crippen LogP contribution in [0.1, 0.15) is 24.8 Å². The van der Waals surface area contributed by atoms with Gasteiger partial charge in [-0.25, -0.2) is 4.39 Å². The Balaban J connectivity index is 2.23. The first-order valence-electron chi connectivity index (χ1n) is 6.04. The maximum Gasteiger partial charge on any atom is 0.123 e. The Kier molecular flexibility index (Phi) is 3.78. The van der Waals surface area contributed by atoms with E-state index in [-0.39, 0.29) is 5.82 Å². The maximum absolute atomic E-state index is 13.2. The lowest BCUT2D eigenvalue weighted by atomic mass is 10.0. The van der Waals surface area contributed by atoms with Crippen LogP contribution in [-0.2, 0) is 6.42 Å². The maximum atomic E-state index is 13.2. The Hall–Kier alpha value is -1.09. The number of halogens is 1. The lowest BCUT2D eigenvalue weighted by Crippen LogP contribution is -2.30. The zero-order valence-corrected chi connectivity index (χ0v) is 9.58. The Bertz CT molecular complexity index is 346. The third-order valence-corrected chi connectivity index (χ3v) is 3.15. The van der Waals surface area contributed by atoms with Crippen LogP contribution >= 0.6 is 0 Å². The lowest BCUT2D eigenvalue weighted by molar-refractivity contribution is 0.574. The van der Waals surface area contributed by atoms with Gasteiger partial charge in [0.2, 0.25) is 0 Å². The van der Waals surface area contributed by atoms with Gasteiger partial charge in [0.25, 0.3) is 0 Å². The van der Waals surface area contributed by atoms with Gasteiger partial charge in [-0.3, -0.25) is 0 Å². The van der Waals surface area contributed by atoms with Crippen LogP contribution in [-0.4, -0.2) is 19.6 Å². The van der Waals surface area contributed by atoms with Gasteiger partial charge in [0.1, 0.15) is 5.82 Å². The van der Waals surface area contributed by atoms with Crippen LogP contribution in [0.15, 0.2) is 18.2 Å². The molecule has 0 aliphatic carbocycles. The second-order valence-electron chi connectivity index (χ2n) is 4.36. The first-order chi connectivity index (χ1) is 7.81. The van der Waals surface area contributed by atoms with Crippen molar-refractivity contribution >= 4 is 5.69 Å². The summed E-state index contributed by atoms with van der Waals surface area (Å²) < 4.78 is 13.2. The van der Waals surface area contributed by atoms with Crippen LogP contribution in [0.3, 0.4) is 0 Å². The molecule has 1 aromatic rings. The topological polar surface area (TPSA) is 29.3 Å². The largest absolute Gasteiger partial charge is 0.371 e. The summed E-state index contributed by atoms with van der Waals surface area (Å²) in [6, 6.07) is 5.06. The SMILES string of the molecule is NCCc1cc(F)ccc1N1CCCCC1. The van der Waals surface area contributed by atoms with Crippen LogP contribution in [0.4, 0.5) is 10.1 Å². The zero-order chi connectivity index (χ0) is 11.4. The molecule has 0 atom stereocenters. The van der Waals surface area contributed by atoms with E-state index in [2.05, 4.69) is 4.90 Å². The summed E-state index contributed by atoms with van der Waals surface area (Å²) >= 11 is 0. The van der Waals surface area contributed by atoms with E-state index in [1.165, 1.54) is 24.9 Å². The van der Waals surface area contributed by atoms with E-state index in [1.54, 1.807) is 12.1 Å². The zero-order valence-electron chi connectivity index (χ0n) is 9.58. The molecule has 1 aromatic carbocycles. The first-order valence-corrected chi connectivity index (χ1v) is 6.04. The van der Waals surface area contributed by atoms with Gasteiger partial charge >= 0.3 is 0 Å². The van der Waals surface area contributed by atoms with Crippen molar-refractivity contribution in [3.05, 3.63) is 29.6 Å². The molecule has 3 heteroatoms. The monoisotopic (exact) mass is 222 g/mol. The standard InChI is InChI=1S/C13H19FN2/c14-12-4-5-13(11(10-12)6-7-15)16-8-2-1-3-9-16/h4-5,10H,1-3,6-9,15H2. The number of nitrogens with zero attached hydrogens (tertiary/aromatic N) is 1. The average Bonchev–Trinajstić information content (AvgIpc) is 2.31. The third kappa shape index (κ3) is 2.53. The van der Waals surface area contributed by atoms with Crippen LogP contribution in [0.5, 0.6) is 0 Å². The van der Waals surface area contributed by atoms with E-state index in [1.807, 2.05) is 6.07 Å². The summed E-state index contributed by atoms with van der Waals surface area (Å²) in [6.07, 6.45) is 4.53. The fraction of sp³-hybridized carbons (Fsp3) is 0.538. The second-order valence-corrected chi connectivity index (χ2v) is 4.36. The van der Waals surface area contributed by atoms with Crippen LogP contribution in [0.25, 0.3) is 0 Å². The summed E-state index contributed by atoms with van der Waals surface area (Å²) in [5, 5.41) is 0. The molecule has 1 fully saturated rings. The Morgan fingerprint density at radius 3 is 2.62 bits per heavy atom. The molecule has 0 unspecified atom stereocenters. The van der Waals surface area contributed by atoms with Crippen molar-refractivity contribution in [3.8, 4) is 0 Å². The molecule has 0 spiro atoms. The number of benzene rings is 1. The molecule has 2 N–H and O–H groups in total. The van der Waals surface area contributed by atoms with Crippen molar-refractivity contribution in [2.45, 2.75) is 25.7 Å². The molecular formula is C13H19FN2. The van der Waals surface area contributed by atoms with E-state index in [0.717, 1.165) is 25.1 Å². The van der Waals surface area contributed by atoms with Gasteiger partial charge in [0.15, 0.2) is 0 Å². The van der Waals surface area contributed by atoms with Crippen molar-refractivity contribution in [2.75, 3.05) is 24.5 Å². The third-order valence-electron chi connectivity index (χ3n) is 3.15. The summed E-state index contributed by atoms with van der Waals surface area (Å²) in [5.41, 5.74) is 7.79. The molecule has 1 aliphatic rings. The lowest BCUT2D eigenvalue weighted by Gasteiger charge is -2.30. The van der Waals surface area contributed by atoms with E-state index in [4.69, 9.17) is 5.73 Å². The minimum absolute atomic E-state index is 0.163. The summed E-state index contributed by atoms with van der Waals surface area (Å²) in [4.78, 5) is 2.36. The van der Waals surface area contributed by atoms with Gasteiger partial charge in [-0.15, -0.1) is 0 Å². The quantitative estimate of drug-likeness (QED) is 0.850. The van der Waals surface area contributed by atoms with Gasteiger partial charge < -0.3 is 10.6 Å². The van der Waals surface area contributed by atoms with E-state index < -0.39 is 0 Å².